The van der Waals surface area contributed by atoms with Gasteiger partial charge in [0.15, 0.2) is 0 Å². The first-order valence-corrected chi connectivity index (χ1v) is 11.4. The highest BCUT2D eigenvalue weighted by atomic mass is 35.5. The van der Waals surface area contributed by atoms with Crippen LogP contribution in [0.2, 0.25) is 0 Å². The van der Waals surface area contributed by atoms with Gasteiger partial charge < -0.3 is 15.2 Å². The van der Waals surface area contributed by atoms with Crippen LogP contribution < -0.4 is 20.7 Å². The molecule has 0 heterocycles. The van der Waals surface area contributed by atoms with E-state index in [9.17, 15) is 14.9 Å². The van der Waals surface area contributed by atoms with Crippen molar-refractivity contribution in [2.24, 2.45) is 5.18 Å². The molecule has 8 nitrogen and oxygen atoms in total. The van der Waals surface area contributed by atoms with Crippen molar-refractivity contribution in [1.29, 1.82) is 0 Å². The van der Waals surface area contributed by atoms with E-state index in [-0.39, 0.29) is 28.5 Å². The monoisotopic (exact) mass is 517 g/mol. The Labute approximate surface area is 214 Å². The number of nitroso groups, excluding NO2 is 1. The number of thioether (sulfide) groups is 1. The number of benzene rings is 3. The minimum atomic E-state index is -0.363. The number of hydrogen-bond acceptors (Lipinski definition) is 9. The maximum atomic E-state index is 13.1. The van der Waals surface area contributed by atoms with Crippen LogP contribution in [0.1, 0.15) is 41.4 Å². The second-order valence-electron chi connectivity index (χ2n) is 7.82. The summed E-state index contributed by atoms with van der Waals surface area (Å²) in [6.07, 6.45) is 2.56. The molecule has 0 fully saturated rings. The average Bonchev–Trinajstić information content (AvgIpc) is 2.84. The number of carbonyl (C=O) groups excluding carboxylic acids is 1. The molecule has 4 N–H and O–H groups in total. The van der Waals surface area contributed by atoms with Crippen molar-refractivity contribution >= 4 is 57.1 Å². The van der Waals surface area contributed by atoms with E-state index in [1.807, 2.05) is 19.9 Å². The Bertz CT molecular complexity index is 1240. The average molecular weight is 518 g/mol. The van der Waals surface area contributed by atoms with E-state index in [0.717, 1.165) is 17.3 Å². The summed E-state index contributed by atoms with van der Waals surface area (Å²) in [6.45, 7) is 3.96. The van der Waals surface area contributed by atoms with E-state index < -0.39 is 0 Å². The van der Waals surface area contributed by atoms with E-state index in [2.05, 4.69) is 10.7 Å². The Morgan fingerprint density at radius 2 is 1.83 bits per heavy atom. The standard InChI is InChI=1S/C25H27N3O5S.ClH/c1-14(2)5-12-21(34-25(29)15-6-8-16(26)9-7-15)17-13-20(32-3)22-18(27-30)10-11-19(28-31)23(22)24(17)33-4;/h5-11,13,21,27,30H,12,26H2,1-4H3;1H. The Kier molecular flexibility index (Phi) is 9.94. The number of hydrogen-bond donors (Lipinski definition) is 3. The molecule has 1 unspecified atom stereocenters. The summed E-state index contributed by atoms with van der Waals surface area (Å²) >= 11 is 1.15. The van der Waals surface area contributed by atoms with Gasteiger partial charge in [-0.2, -0.15) is 0 Å². The summed E-state index contributed by atoms with van der Waals surface area (Å²) in [6, 6.07) is 11.5. The topological polar surface area (TPSA) is 123 Å². The van der Waals surface area contributed by atoms with Gasteiger partial charge in [-0.3, -0.25) is 15.5 Å². The lowest BCUT2D eigenvalue weighted by Gasteiger charge is -2.22. The van der Waals surface area contributed by atoms with E-state index in [1.165, 1.54) is 26.4 Å². The van der Waals surface area contributed by atoms with E-state index >= 15 is 0 Å². The second-order valence-corrected chi connectivity index (χ2v) is 9.00. The predicted molar refractivity (Wildman–Crippen MR) is 145 cm³/mol. The minimum Gasteiger partial charge on any atom is -0.496 e. The Morgan fingerprint density at radius 3 is 2.37 bits per heavy atom. The number of nitrogens with zero attached hydrogens (tertiary/aromatic N) is 1. The maximum Gasteiger partial charge on any atom is 0.219 e. The Balaban J connectivity index is 0.00000432. The minimum absolute atomic E-state index is 0. The van der Waals surface area contributed by atoms with Crippen molar-refractivity contribution in [3.63, 3.8) is 0 Å². The molecule has 0 saturated carbocycles. The van der Waals surface area contributed by atoms with Crippen molar-refractivity contribution in [2.45, 2.75) is 25.5 Å². The number of nitrogens with two attached hydrogens (primary N) is 1. The molecule has 0 bridgehead atoms. The first-order chi connectivity index (χ1) is 16.3. The van der Waals surface area contributed by atoms with Crippen molar-refractivity contribution in [2.75, 3.05) is 25.4 Å². The SMILES string of the molecule is COc1cc(C(CC=C(C)C)SC(=O)c2ccc(N)cc2)c(OC)c2c(N=O)ccc(NO)c12.Cl. The highest BCUT2D eigenvalue weighted by molar-refractivity contribution is 8.14. The molecule has 1 atom stereocenters. The summed E-state index contributed by atoms with van der Waals surface area (Å²) in [7, 11) is 2.98. The molecule has 0 spiro atoms. The molecule has 0 saturated heterocycles. The summed E-state index contributed by atoms with van der Waals surface area (Å²) < 4.78 is 11.4. The summed E-state index contributed by atoms with van der Waals surface area (Å²) in [5, 5.41) is 13.1. The number of ether oxygens (including phenoxy) is 2. The lowest BCUT2D eigenvalue weighted by molar-refractivity contribution is 0.108. The molecule has 0 radical (unpaired) electrons. The van der Waals surface area contributed by atoms with E-state index in [1.54, 1.807) is 30.3 Å². The molecular formula is C25H28ClN3O5S. The van der Waals surface area contributed by atoms with Crippen LogP contribution in [0.3, 0.4) is 0 Å². The van der Waals surface area contributed by atoms with Crippen LogP contribution in [-0.4, -0.2) is 24.5 Å². The number of nitrogen functional groups attached to an aromatic ring is 1. The zero-order valence-electron chi connectivity index (χ0n) is 19.8. The molecule has 3 rings (SSSR count). The molecule has 0 aliphatic rings. The molecule has 0 amide bonds. The van der Waals surface area contributed by atoms with Crippen molar-refractivity contribution < 1.29 is 19.5 Å². The van der Waals surface area contributed by atoms with Crippen LogP contribution in [-0.2, 0) is 0 Å². The number of rotatable bonds is 9. The number of methoxy groups -OCH3 is 2. The highest BCUT2D eigenvalue weighted by Gasteiger charge is 2.27. The number of nitrogens with one attached hydrogen (secondary N) is 1. The van der Waals surface area contributed by atoms with Crippen LogP contribution in [0.4, 0.5) is 17.1 Å². The molecule has 10 heteroatoms. The van der Waals surface area contributed by atoms with Crippen LogP contribution in [0.5, 0.6) is 11.5 Å². The molecule has 0 aliphatic heterocycles. The van der Waals surface area contributed by atoms with Gasteiger partial charge in [-0.05, 0) is 67.9 Å². The van der Waals surface area contributed by atoms with Gasteiger partial charge in [0.2, 0.25) is 5.12 Å². The normalized spacial score (nSPS) is 11.2. The maximum absolute atomic E-state index is 13.1. The van der Waals surface area contributed by atoms with Crippen LogP contribution in [0.25, 0.3) is 10.8 Å². The third-order valence-corrected chi connectivity index (χ3v) is 6.51. The fourth-order valence-corrected chi connectivity index (χ4v) is 4.71. The van der Waals surface area contributed by atoms with Gasteiger partial charge in [-0.1, -0.05) is 23.4 Å². The number of halogens is 1. The fraction of sp³-hybridized carbons (Fsp3) is 0.240. The smallest absolute Gasteiger partial charge is 0.219 e. The molecule has 3 aromatic rings. The van der Waals surface area contributed by atoms with Crippen LogP contribution in [0.15, 0.2) is 59.3 Å². The first-order valence-electron chi connectivity index (χ1n) is 10.5. The quantitative estimate of drug-likeness (QED) is 0.119. The fourth-order valence-electron chi connectivity index (χ4n) is 3.69. The first kappa shape index (κ1) is 28.0. The molecule has 0 aromatic heterocycles. The Morgan fingerprint density at radius 1 is 1.14 bits per heavy atom. The predicted octanol–water partition coefficient (Wildman–Crippen LogP) is 7.03. The molecule has 0 aliphatic carbocycles. The van der Waals surface area contributed by atoms with Crippen molar-refractivity contribution in [3.05, 3.63) is 70.1 Å². The van der Waals surface area contributed by atoms with Gasteiger partial charge in [0.05, 0.1) is 30.7 Å². The lowest BCUT2D eigenvalue weighted by Crippen LogP contribution is -2.05. The molecule has 35 heavy (non-hydrogen) atoms. The third kappa shape index (κ3) is 6.05. The number of carbonyl (C=O) groups is 1. The largest absolute Gasteiger partial charge is 0.496 e. The van der Waals surface area contributed by atoms with Gasteiger partial charge in [0.1, 0.15) is 17.2 Å². The Hall–Kier alpha value is -3.27. The summed E-state index contributed by atoms with van der Waals surface area (Å²) in [5.74, 6) is 0.780. The number of anilines is 2. The van der Waals surface area contributed by atoms with E-state index in [0.29, 0.717) is 51.2 Å². The van der Waals surface area contributed by atoms with Crippen LogP contribution >= 0.6 is 24.2 Å². The molecule has 3 aromatic carbocycles. The van der Waals surface area contributed by atoms with Gasteiger partial charge in [-0.25, -0.2) is 0 Å². The van der Waals surface area contributed by atoms with Crippen molar-refractivity contribution in [1.82, 2.24) is 0 Å². The van der Waals surface area contributed by atoms with E-state index in [4.69, 9.17) is 15.2 Å². The van der Waals surface area contributed by atoms with Gasteiger partial charge in [0, 0.05) is 22.1 Å². The second kappa shape index (κ2) is 12.4. The number of allylic oxidation sites excluding steroid dienone is 2. The van der Waals surface area contributed by atoms with Gasteiger partial charge in [0.25, 0.3) is 0 Å². The zero-order valence-corrected chi connectivity index (χ0v) is 21.5. The van der Waals surface area contributed by atoms with Crippen LogP contribution in [0, 0.1) is 4.91 Å². The molecule has 186 valence electrons. The van der Waals surface area contributed by atoms with Gasteiger partial charge >= 0.3 is 0 Å². The summed E-state index contributed by atoms with van der Waals surface area (Å²) in [5.41, 5.74) is 11.2. The zero-order chi connectivity index (χ0) is 24.8. The van der Waals surface area contributed by atoms with Gasteiger partial charge in [-0.15, -0.1) is 17.3 Å². The molecular weight excluding hydrogens is 490 g/mol. The summed E-state index contributed by atoms with van der Waals surface area (Å²) in [4.78, 5) is 24.8. The highest BCUT2D eigenvalue weighted by Crippen LogP contribution is 2.50. The lowest BCUT2D eigenvalue weighted by atomic mass is 9.97. The third-order valence-electron chi connectivity index (χ3n) is 5.33. The van der Waals surface area contributed by atoms with Crippen molar-refractivity contribution in [3.8, 4) is 11.5 Å². The number of fused-ring (bicyclic) bond motifs is 1.